The van der Waals surface area contributed by atoms with E-state index in [1.807, 2.05) is 67.7 Å². The van der Waals surface area contributed by atoms with Crippen LogP contribution in [0.5, 0.6) is 11.5 Å². The molecule has 0 fully saturated rings. The fourth-order valence-corrected chi connectivity index (χ4v) is 6.48. The van der Waals surface area contributed by atoms with Gasteiger partial charge in [-0.1, -0.05) is 54.3 Å². The largest absolute Gasteiger partial charge is 0.494 e. The summed E-state index contributed by atoms with van der Waals surface area (Å²) in [6.07, 6.45) is 5.16. The summed E-state index contributed by atoms with van der Waals surface area (Å²) >= 11 is 1.22. The minimum Gasteiger partial charge on any atom is -0.494 e. The lowest BCUT2D eigenvalue weighted by Crippen LogP contribution is -2.39. The maximum atomic E-state index is 14.3. The third-order valence-electron chi connectivity index (χ3n) is 7.52. The Morgan fingerprint density at radius 3 is 2.38 bits per heavy atom. The number of esters is 2. The first kappa shape index (κ1) is 32.1. The van der Waals surface area contributed by atoms with Crippen molar-refractivity contribution in [2.75, 3.05) is 13.2 Å². The maximum Gasteiger partial charge on any atom is 0.338 e. The van der Waals surface area contributed by atoms with E-state index in [2.05, 4.69) is 11.6 Å². The number of fused-ring (bicyclic) bond motifs is 1. The third kappa shape index (κ3) is 6.53. The summed E-state index contributed by atoms with van der Waals surface area (Å²) in [5.74, 6) is 0.0199. The molecule has 5 aromatic rings. The van der Waals surface area contributed by atoms with Crippen molar-refractivity contribution >= 4 is 29.4 Å². The van der Waals surface area contributed by atoms with E-state index in [9.17, 15) is 14.4 Å². The van der Waals surface area contributed by atoms with Gasteiger partial charge in [-0.25, -0.2) is 14.5 Å². The molecule has 1 aliphatic heterocycles. The van der Waals surface area contributed by atoms with Gasteiger partial charge in [-0.3, -0.25) is 14.2 Å². The average Bonchev–Trinajstić information content (AvgIpc) is 3.64. The number of carbonyl (C=O) groups excluding carboxylic acids is 2. The molecule has 3 aromatic carbocycles. The van der Waals surface area contributed by atoms with Gasteiger partial charge in [0.1, 0.15) is 23.8 Å². The van der Waals surface area contributed by atoms with E-state index in [1.165, 1.54) is 28.9 Å². The van der Waals surface area contributed by atoms with Crippen LogP contribution in [0.25, 0.3) is 23.0 Å². The van der Waals surface area contributed by atoms with Crippen LogP contribution in [0.1, 0.15) is 37.9 Å². The van der Waals surface area contributed by atoms with Crippen molar-refractivity contribution in [1.29, 1.82) is 0 Å². The highest BCUT2D eigenvalue weighted by molar-refractivity contribution is 7.07. The van der Waals surface area contributed by atoms with E-state index in [-0.39, 0.29) is 17.7 Å². The minimum atomic E-state index is -0.843. The van der Waals surface area contributed by atoms with Crippen molar-refractivity contribution in [1.82, 2.24) is 14.3 Å². The molecule has 48 heavy (non-hydrogen) atoms. The topological polar surface area (TPSA) is 114 Å². The molecule has 1 unspecified atom stereocenters. The molecule has 11 heteroatoms. The Morgan fingerprint density at radius 1 is 1.00 bits per heavy atom. The molecule has 0 saturated carbocycles. The first-order valence-corrected chi connectivity index (χ1v) is 16.1. The lowest BCUT2D eigenvalue weighted by atomic mass is 9.96. The lowest BCUT2D eigenvalue weighted by molar-refractivity contribution is -0.138. The number of aromatic nitrogens is 3. The van der Waals surface area contributed by atoms with Crippen molar-refractivity contribution in [3.63, 3.8) is 0 Å². The third-order valence-corrected chi connectivity index (χ3v) is 8.50. The predicted octanol–water partition coefficient (Wildman–Crippen LogP) is 5.14. The zero-order valence-corrected chi connectivity index (χ0v) is 27.4. The van der Waals surface area contributed by atoms with Gasteiger partial charge in [0.15, 0.2) is 4.80 Å². The van der Waals surface area contributed by atoms with Crippen molar-refractivity contribution < 1.29 is 23.8 Å². The van der Waals surface area contributed by atoms with Gasteiger partial charge in [-0.2, -0.15) is 5.10 Å². The molecule has 2 aromatic heterocycles. The van der Waals surface area contributed by atoms with Gasteiger partial charge < -0.3 is 14.2 Å². The number of carbonyl (C=O) groups is 2. The number of benzene rings is 3. The Hall–Kier alpha value is -5.81. The lowest BCUT2D eigenvalue weighted by Gasteiger charge is -2.24. The molecule has 0 amide bonds. The Bertz CT molecular complexity index is 2210. The number of rotatable bonds is 10. The van der Waals surface area contributed by atoms with Crippen LogP contribution in [0, 0.1) is 0 Å². The molecule has 0 aliphatic carbocycles. The van der Waals surface area contributed by atoms with E-state index < -0.39 is 18.0 Å². The fraction of sp³-hybridized carbons (Fsp3) is 0.162. The Kier molecular flexibility index (Phi) is 9.31. The zero-order chi connectivity index (χ0) is 33.8. The number of thiazole rings is 1. The number of hydrogen-bond donors (Lipinski definition) is 0. The van der Waals surface area contributed by atoms with Crippen LogP contribution in [-0.2, 0) is 14.3 Å². The summed E-state index contributed by atoms with van der Waals surface area (Å²) in [5.41, 5.74) is 4.04. The molecule has 10 nitrogen and oxygen atoms in total. The van der Waals surface area contributed by atoms with E-state index in [0.717, 1.165) is 22.6 Å². The molecule has 0 N–H and O–H groups in total. The number of ether oxygens (including phenoxy) is 3. The van der Waals surface area contributed by atoms with E-state index >= 15 is 0 Å². The minimum absolute atomic E-state index is 0.00211. The Morgan fingerprint density at radius 2 is 1.71 bits per heavy atom. The van der Waals surface area contributed by atoms with Crippen LogP contribution >= 0.6 is 11.3 Å². The summed E-state index contributed by atoms with van der Waals surface area (Å²) in [4.78, 5) is 44.3. The molecule has 0 bridgehead atoms. The molecule has 0 spiro atoms. The molecular formula is C37H32N4O6S. The standard InChI is InChI=1S/C37H32N4O6S/c1-5-20-46-36(44)32-23(3)38-37-41(34(32)26-14-18-30(19-15-26)47-24(4)42)35(43)31(48-37)21-27-22-40(28-10-8-7-9-11-28)39-33(27)25-12-16-29(17-13-25)45-6-2/h5,7-19,21-22,34H,1,6,20H2,2-4H3/b31-21-. The Labute approximate surface area is 280 Å². The molecule has 6 rings (SSSR count). The number of hydrogen-bond acceptors (Lipinski definition) is 9. The first-order valence-electron chi connectivity index (χ1n) is 15.2. The molecular weight excluding hydrogens is 628 g/mol. The highest BCUT2D eigenvalue weighted by Gasteiger charge is 2.33. The SMILES string of the molecule is C=CCOC(=O)C1=C(C)N=c2s/c(=C\c3cn(-c4ccccc4)nc3-c3ccc(OCC)cc3)c(=O)n2C1c1ccc(OC(C)=O)cc1. The van der Waals surface area contributed by atoms with Gasteiger partial charge >= 0.3 is 11.9 Å². The first-order chi connectivity index (χ1) is 23.3. The summed E-state index contributed by atoms with van der Waals surface area (Å²) in [5, 5.41) is 4.90. The van der Waals surface area contributed by atoms with E-state index in [0.29, 0.717) is 38.6 Å². The van der Waals surface area contributed by atoms with E-state index in [4.69, 9.17) is 19.3 Å². The highest BCUT2D eigenvalue weighted by atomic mass is 32.1. The van der Waals surface area contributed by atoms with Crippen LogP contribution in [0.3, 0.4) is 0 Å². The summed E-state index contributed by atoms with van der Waals surface area (Å²) in [6.45, 7) is 9.15. The van der Waals surface area contributed by atoms with Crippen LogP contribution in [0.2, 0.25) is 0 Å². The van der Waals surface area contributed by atoms with Crippen LogP contribution in [-0.4, -0.2) is 39.5 Å². The quantitative estimate of drug-likeness (QED) is 0.116. The zero-order valence-electron chi connectivity index (χ0n) is 26.6. The number of allylic oxidation sites excluding steroid dienone is 1. The summed E-state index contributed by atoms with van der Waals surface area (Å²) < 4.78 is 20.0. The highest BCUT2D eigenvalue weighted by Crippen LogP contribution is 2.32. The second kappa shape index (κ2) is 13.9. The fourth-order valence-electron chi connectivity index (χ4n) is 5.44. The smallest absolute Gasteiger partial charge is 0.338 e. The Balaban J connectivity index is 1.51. The van der Waals surface area contributed by atoms with Crippen molar-refractivity contribution in [2.45, 2.75) is 26.8 Å². The number of nitrogens with zero attached hydrogens (tertiary/aromatic N) is 4. The molecule has 0 radical (unpaired) electrons. The van der Waals surface area contributed by atoms with Crippen molar-refractivity contribution in [3.8, 4) is 28.4 Å². The predicted molar refractivity (Wildman–Crippen MR) is 183 cm³/mol. The summed E-state index contributed by atoms with van der Waals surface area (Å²) in [6, 6.07) is 23.2. The summed E-state index contributed by atoms with van der Waals surface area (Å²) in [7, 11) is 0. The van der Waals surface area contributed by atoms with Crippen molar-refractivity contribution in [2.24, 2.45) is 4.99 Å². The number of para-hydroxylation sites is 1. The molecule has 0 saturated heterocycles. The van der Waals surface area contributed by atoms with Gasteiger partial charge in [-0.15, -0.1) is 0 Å². The van der Waals surface area contributed by atoms with Crippen molar-refractivity contribution in [3.05, 3.63) is 140 Å². The monoisotopic (exact) mass is 660 g/mol. The molecule has 3 heterocycles. The molecule has 242 valence electrons. The van der Waals surface area contributed by atoms with E-state index in [1.54, 1.807) is 41.9 Å². The molecule has 1 atom stereocenters. The van der Waals surface area contributed by atoms with Crippen LogP contribution in [0.4, 0.5) is 0 Å². The van der Waals surface area contributed by atoms with Crippen LogP contribution in [0.15, 0.2) is 119 Å². The van der Waals surface area contributed by atoms with Crippen LogP contribution < -0.4 is 24.4 Å². The van der Waals surface area contributed by atoms with Gasteiger partial charge in [0.25, 0.3) is 5.56 Å². The average molecular weight is 661 g/mol. The maximum absolute atomic E-state index is 14.3. The van der Waals surface area contributed by atoms with Gasteiger partial charge in [0, 0.05) is 24.2 Å². The normalized spacial score (nSPS) is 14.2. The second-order valence-electron chi connectivity index (χ2n) is 10.8. The second-order valence-corrected chi connectivity index (χ2v) is 11.8. The van der Waals surface area contributed by atoms with Gasteiger partial charge in [-0.05, 0) is 74.0 Å². The van der Waals surface area contributed by atoms with Gasteiger partial charge in [0.2, 0.25) is 0 Å². The molecule has 1 aliphatic rings. The van der Waals surface area contributed by atoms with Gasteiger partial charge in [0.05, 0.1) is 34.1 Å².